The summed E-state index contributed by atoms with van der Waals surface area (Å²) in [4.78, 5) is 4.29. The summed E-state index contributed by atoms with van der Waals surface area (Å²) in [5, 5.41) is 0. The zero-order valence-corrected chi connectivity index (χ0v) is 11.4. The fraction of sp³-hybridized carbons (Fsp3) is 0.643. The molecule has 1 rings (SSSR count). The first kappa shape index (κ1) is 14.9. The van der Waals surface area contributed by atoms with Crippen molar-refractivity contribution >= 4 is 0 Å². The minimum Gasteiger partial charge on any atom is -0.490 e. The Morgan fingerprint density at radius 3 is 2.67 bits per heavy atom. The van der Waals surface area contributed by atoms with Crippen LogP contribution in [0.5, 0.6) is 5.75 Å². The van der Waals surface area contributed by atoms with Gasteiger partial charge in [0.15, 0.2) is 0 Å². The first-order chi connectivity index (χ1) is 8.77. The van der Waals surface area contributed by atoms with Crippen LogP contribution in [0.25, 0.3) is 0 Å². The van der Waals surface area contributed by atoms with Crippen molar-refractivity contribution in [1.29, 1.82) is 0 Å². The van der Waals surface area contributed by atoms with Gasteiger partial charge in [-0.3, -0.25) is 4.98 Å². The smallest absolute Gasteiger partial charge is 0.137 e. The molecule has 0 spiro atoms. The van der Waals surface area contributed by atoms with Crippen molar-refractivity contribution in [3.63, 3.8) is 0 Å². The highest BCUT2D eigenvalue weighted by molar-refractivity contribution is 5.21. The number of hydrogen-bond donors (Lipinski definition) is 1. The van der Waals surface area contributed by atoms with E-state index >= 15 is 0 Å². The second kappa shape index (κ2) is 8.89. The van der Waals surface area contributed by atoms with E-state index in [2.05, 4.69) is 11.9 Å². The average Bonchev–Trinajstić information content (AvgIpc) is 2.42. The maximum absolute atomic E-state index is 5.89. The van der Waals surface area contributed by atoms with Gasteiger partial charge < -0.3 is 15.2 Å². The number of hydrogen-bond acceptors (Lipinski definition) is 4. The van der Waals surface area contributed by atoms with Crippen LogP contribution in [0.4, 0.5) is 0 Å². The van der Waals surface area contributed by atoms with E-state index in [0.717, 1.165) is 37.3 Å². The van der Waals surface area contributed by atoms with Crippen LogP contribution in [0.15, 0.2) is 18.3 Å². The van der Waals surface area contributed by atoms with E-state index in [1.165, 1.54) is 0 Å². The van der Waals surface area contributed by atoms with Crippen LogP contribution >= 0.6 is 0 Å². The fourth-order valence-corrected chi connectivity index (χ4v) is 1.47. The highest BCUT2D eigenvalue weighted by Crippen LogP contribution is 2.14. The summed E-state index contributed by atoms with van der Waals surface area (Å²) in [7, 11) is 0. The highest BCUT2D eigenvalue weighted by atomic mass is 16.5. The molecular formula is C14H24N2O2. The van der Waals surface area contributed by atoms with E-state index in [1.54, 1.807) is 6.20 Å². The van der Waals surface area contributed by atoms with Crippen LogP contribution in [-0.2, 0) is 4.74 Å². The van der Waals surface area contributed by atoms with Crippen molar-refractivity contribution in [3.05, 3.63) is 24.0 Å². The number of pyridine rings is 1. The number of ether oxygens (including phenoxy) is 2. The Morgan fingerprint density at radius 2 is 2.06 bits per heavy atom. The van der Waals surface area contributed by atoms with Gasteiger partial charge in [-0.05, 0) is 25.0 Å². The lowest BCUT2D eigenvalue weighted by atomic mass is 10.1. The first-order valence-corrected chi connectivity index (χ1v) is 6.70. The van der Waals surface area contributed by atoms with E-state index in [1.807, 2.05) is 19.1 Å². The number of aromatic nitrogens is 1. The van der Waals surface area contributed by atoms with E-state index < -0.39 is 0 Å². The lowest BCUT2D eigenvalue weighted by Crippen LogP contribution is -2.11. The minimum absolute atomic E-state index is 0.0106. The van der Waals surface area contributed by atoms with Crippen molar-refractivity contribution in [3.8, 4) is 5.75 Å². The summed E-state index contributed by atoms with van der Waals surface area (Å²) >= 11 is 0. The topological polar surface area (TPSA) is 57.4 Å². The Bertz CT molecular complexity index is 314. The third-order valence-electron chi connectivity index (χ3n) is 2.72. The van der Waals surface area contributed by atoms with Gasteiger partial charge in [0.05, 0.1) is 18.5 Å². The molecule has 4 nitrogen and oxygen atoms in total. The molecule has 0 aliphatic heterocycles. The van der Waals surface area contributed by atoms with Crippen molar-refractivity contribution < 1.29 is 9.47 Å². The van der Waals surface area contributed by atoms with Gasteiger partial charge in [0.25, 0.3) is 0 Å². The predicted octanol–water partition coefficient (Wildman–Crippen LogP) is 2.69. The van der Waals surface area contributed by atoms with Crippen LogP contribution in [0, 0.1) is 0 Å². The van der Waals surface area contributed by atoms with Crippen LogP contribution in [-0.4, -0.2) is 24.8 Å². The Morgan fingerprint density at radius 1 is 1.22 bits per heavy atom. The lowest BCUT2D eigenvalue weighted by Gasteiger charge is -2.10. The highest BCUT2D eigenvalue weighted by Gasteiger charge is 2.04. The third-order valence-corrected chi connectivity index (χ3v) is 2.72. The molecule has 1 heterocycles. The van der Waals surface area contributed by atoms with E-state index in [0.29, 0.717) is 13.2 Å². The van der Waals surface area contributed by atoms with E-state index in [9.17, 15) is 0 Å². The Labute approximate surface area is 110 Å². The third kappa shape index (κ3) is 5.47. The van der Waals surface area contributed by atoms with Gasteiger partial charge in [-0.1, -0.05) is 20.3 Å². The molecular weight excluding hydrogens is 228 g/mol. The minimum atomic E-state index is 0.0106. The van der Waals surface area contributed by atoms with Gasteiger partial charge in [-0.25, -0.2) is 0 Å². The van der Waals surface area contributed by atoms with E-state index in [-0.39, 0.29) is 6.04 Å². The van der Waals surface area contributed by atoms with E-state index in [4.69, 9.17) is 15.2 Å². The van der Waals surface area contributed by atoms with Crippen molar-refractivity contribution in [2.45, 2.75) is 39.2 Å². The number of rotatable bonds is 9. The molecule has 0 fully saturated rings. The molecule has 0 amide bonds. The average molecular weight is 252 g/mol. The summed E-state index contributed by atoms with van der Waals surface area (Å²) in [5.41, 5.74) is 6.80. The molecule has 0 saturated carbocycles. The second-order valence-electron chi connectivity index (χ2n) is 4.25. The molecule has 4 heteroatoms. The van der Waals surface area contributed by atoms with Crippen LogP contribution in [0.3, 0.4) is 0 Å². The first-order valence-electron chi connectivity index (χ1n) is 6.70. The lowest BCUT2D eigenvalue weighted by molar-refractivity contribution is 0.0979. The molecule has 1 atom stereocenters. The molecule has 0 aromatic carbocycles. The Hall–Kier alpha value is -1.13. The molecule has 0 bridgehead atoms. The number of unbranched alkanes of at least 4 members (excludes halogenated alkanes) is 1. The molecule has 1 aromatic heterocycles. The van der Waals surface area contributed by atoms with Gasteiger partial charge in [-0.2, -0.15) is 0 Å². The molecule has 0 aliphatic rings. The van der Waals surface area contributed by atoms with Crippen LogP contribution < -0.4 is 10.5 Å². The zero-order chi connectivity index (χ0) is 13.2. The van der Waals surface area contributed by atoms with Crippen LogP contribution in [0.2, 0.25) is 0 Å². The molecule has 2 N–H and O–H groups in total. The molecule has 0 aliphatic carbocycles. The normalized spacial score (nSPS) is 12.4. The molecule has 0 radical (unpaired) electrons. The number of nitrogens with zero attached hydrogens (tertiary/aromatic N) is 1. The second-order valence-corrected chi connectivity index (χ2v) is 4.25. The summed E-state index contributed by atoms with van der Waals surface area (Å²) in [6, 6.07) is 3.84. The molecule has 102 valence electrons. The molecule has 18 heavy (non-hydrogen) atoms. The maximum atomic E-state index is 5.89. The maximum Gasteiger partial charge on any atom is 0.137 e. The van der Waals surface area contributed by atoms with Gasteiger partial charge >= 0.3 is 0 Å². The van der Waals surface area contributed by atoms with Gasteiger partial charge in [0, 0.05) is 12.6 Å². The monoisotopic (exact) mass is 252 g/mol. The Balaban J connectivity index is 2.22. The molecule has 0 saturated heterocycles. The summed E-state index contributed by atoms with van der Waals surface area (Å²) in [6.07, 6.45) is 4.87. The summed E-state index contributed by atoms with van der Waals surface area (Å²) < 4.78 is 10.9. The van der Waals surface area contributed by atoms with Gasteiger partial charge in [-0.15, -0.1) is 0 Å². The summed E-state index contributed by atoms with van der Waals surface area (Å²) in [6.45, 7) is 6.18. The Kier molecular flexibility index (Phi) is 7.37. The number of nitrogens with two attached hydrogens (primary N) is 1. The predicted molar refractivity (Wildman–Crippen MR) is 72.7 cm³/mol. The van der Waals surface area contributed by atoms with Crippen molar-refractivity contribution in [2.75, 3.05) is 19.8 Å². The fourth-order valence-electron chi connectivity index (χ4n) is 1.47. The standard InChI is InChI=1S/C14H24N2O2/c1-3-5-8-17-9-10-18-12-6-7-14(16-11-12)13(15)4-2/h6-7,11,13H,3-5,8-10,15H2,1-2H3. The SMILES string of the molecule is CCCCOCCOc1ccc(C(N)CC)nc1. The van der Waals surface area contributed by atoms with Gasteiger partial charge in [0.2, 0.25) is 0 Å². The largest absolute Gasteiger partial charge is 0.490 e. The molecule has 1 aromatic rings. The zero-order valence-electron chi connectivity index (χ0n) is 11.4. The van der Waals surface area contributed by atoms with Crippen LogP contribution in [0.1, 0.15) is 44.8 Å². The van der Waals surface area contributed by atoms with Gasteiger partial charge in [0.1, 0.15) is 12.4 Å². The molecule has 1 unspecified atom stereocenters. The quantitative estimate of drug-likeness (QED) is 0.686. The van der Waals surface area contributed by atoms with Crippen molar-refractivity contribution in [2.24, 2.45) is 5.73 Å². The summed E-state index contributed by atoms with van der Waals surface area (Å²) in [5.74, 6) is 0.765. The van der Waals surface area contributed by atoms with Crippen molar-refractivity contribution in [1.82, 2.24) is 4.98 Å².